The normalized spacial score (nSPS) is 11.7. The molecule has 0 radical (unpaired) electrons. The van der Waals surface area contributed by atoms with E-state index in [4.69, 9.17) is 11.6 Å². The second-order valence-electron chi connectivity index (χ2n) is 4.64. The summed E-state index contributed by atoms with van der Waals surface area (Å²) in [6.45, 7) is -0.0654. The van der Waals surface area contributed by atoms with Gasteiger partial charge in [-0.25, -0.2) is 4.68 Å². The molecular weight excluding hydrogens is 339 g/mol. The second-order valence-corrected chi connectivity index (χ2v) is 5.05. The Morgan fingerprint density at radius 2 is 2.13 bits per heavy atom. The van der Waals surface area contributed by atoms with E-state index in [9.17, 15) is 18.0 Å². The fourth-order valence-corrected chi connectivity index (χ4v) is 1.81. The van der Waals surface area contributed by atoms with Crippen LogP contribution in [0.2, 0.25) is 5.02 Å². The molecule has 0 aromatic carbocycles. The van der Waals surface area contributed by atoms with Crippen LogP contribution in [0.4, 0.5) is 18.9 Å². The van der Waals surface area contributed by atoms with Crippen molar-refractivity contribution < 1.29 is 22.7 Å². The zero-order valence-corrected chi connectivity index (χ0v) is 12.7. The van der Waals surface area contributed by atoms with Gasteiger partial charge in [-0.15, -0.1) is 0 Å². The zero-order chi connectivity index (χ0) is 17.0. The Morgan fingerprint density at radius 3 is 2.74 bits per heavy atom. The maximum absolute atomic E-state index is 11.9. The summed E-state index contributed by atoms with van der Waals surface area (Å²) < 4.78 is 42.9. The maximum Gasteiger partial charge on any atom is 0.411 e. The number of nitrogens with one attached hydrogen (secondary N) is 1. The third-order valence-electron chi connectivity index (χ3n) is 2.74. The van der Waals surface area contributed by atoms with Crippen LogP contribution in [0.1, 0.15) is 5.69 Å². The van der Waals surface area contributed by atoms with Crippen molar-refractivity contribution in [3.05, 3.63) is 29.3 Å². The lowest BCUT2D eigenvalue weighted by Gasteiger charge is -2.07. The van der Waals surface area contributed by atoms with Crippen molar-refractivity contribution >= 4 is 23.2 Å². The number of rotatable bonds is 6. The van der Waals surface area contributed by atoms with E-state index in [1.165, 1.54) is 23.3 Å². The van der Waals surface area contributed by atoms with Crippen LogP contribution in [-0.4, -0.2) is 38.3 Å². The largest absolute Gasteiger partial charge is 0.411 e. The summed E-state index contributed by atoms with van der Waals surface area (Å²) in [6, 6.07) is 0. The van der Waals surface area contributed by atoms with Crippen LogP contribution in [0.3, 0.4) is 0 Å². The molecule has 2 aromatic rings. The number of aromatic nitrogens is 4. The van der Waals surface area contributed by atoms with Gasteiger partial charge in [0.2, 0.25) is 5.91 Å². The highest BCUT2D eigenvalue weighted by molar-refractivity contribution is 6.31. The first-order valence-electron chi connectivity index (χ1n) is 6.39. The summed E-state index contributed by atoms with van der Waals surface area (Å²) in [4.78, 5) is 11.9. The predicted octanol–water partition coefficient (Wildman–Crippen LogP) is 2.22. The van der Waals surface area contributed by atoms with Crippen LogP contribution in [0.5, 0.6) is 0 Å². The van der Waals surface area contributed by atoms with Crippen LogP contribution in [-0.2, 0) is 22.8 Å². The molecule has 0 aliphatic carbocycles. The smallest absolute Gasteiger partial charge is 0.350 e. The van der Waals surface area contributed by atoms with E-state index in [0.29, 0.717) is 16.4 Å². The molecule has 2 aromatic heterocycles. The molecule has 1 N–H and O–H groups in total. The minimum absolute atomic E-state index is 0.0473. The van der Waals surface area contributed by atoms with Crippen LogP contribution in [0.15, 0.2) is 18.6 Å². The van der Waals surface area contributed by atoms with Gasteiger partial charge in [-0.05, 0) is 6.92 Å². The number of amides is 1. The summed E-state index contributed by atoms with van der Waals surface area (Å²) in [5.41, 5.74) is 0.986. The third kappa shape index (κ3) is 5.25. The number of anilines is 1. The van der Waals surface area contributed by atoms with Gasteiger partial charge >= 0.3 is 6.18 Å². The number of carbonyl (C=O) groups is 1. The maximum atomic E-state index is 11.9. The average Bonchev–Trinajstić information content (AvgIpc) is 2.99. The number of hydrogen-bond acceptors (Lipinski definition) is 4. The van der Waals surface area contributed by atoms with E-state index >= 15 is 0 Å². The van der Waals surface area contributed by atoms with Crippen molar-refractivity contribution in [1.82, 2.24) is 19.6 Å². The number of halogens is 4. The van der Waals surface area contributed by atoms with E-state index in [1.807, 2.05) is 0 Å². The summed E-state index contributed by atoms with van der Waals surface area (Å²) in [6.07, 6.45) is -0.303. The molecule has 1 amide bonds. The molecule has 0 fully saturated rings. The molecule has 126 valence electrons. The van der Waals surface area contributed by atoms with Gasteiger partial charge in [-0.1, -0.05) is 11.6 Å². The summed E-state index contributed by atoms with van der Waals surface area (Å²) in [7, 11) is 0. The molecule has 0 saturated heterocycles. The molecule has 2 heterocycles. The monoisotopic (exact) mass is 351 g/mol. The van der Waals surface area contributed by atoms with Crippen LogP contribution in [0, 0.1) is 6.92 Å². The first-order valence-corrected chi connectivity index (χ1v) is 6.77. The number of nitrogens with zero attached hydrogens (tertiary/aromatic N) is 4. The number of alkyl halides is 3. The van der Waals surface area contributed by atoms with E-state index < -0.39 is 12.8 Å². The molecule has 11 heteroatoms. The van der Waals surface area contributed by atoms with Gasteiger partial charge in [0.05, 0.1) is 35.0 Å². The number of hydrogen-bond donors (Lipinski definition) is 1. The molecule has 0 atom stereocenters. The molecule has 0 unspecified atom stereocenters. The lowest BCUT2D eigenvalue weighted by atomic mass is 10.4. The molecule has 0 saturated carbocycles. The molecular formula is C12H13ClF3N5O2. The third-order valence-corrected chi connectivity index (χ3v) is 3.11. The minimum atomic E-state index is -4.40. The van der Waals surface area contributed by atoms with Crippen LogP contribution < -0.4 is 5.32 Å². The fourth-order valence-electron chi connectivity index (χ4n) is 1.67. The van der Waals surface area contributed by atoms with E-state index in [2.05, 4.69) is 20.3 Å². The standard InChI is InChI=1S/C12H13ClF3N5O2/c1-8-10(13)3-18-21(8)5-11(22)19-9-2-17-20(4-9)7-23-6-12(14,15)16/h2-4H,5-7H2,1H3,(H,19,22). The molecule has 7 nitrogen and oxygen atoms in total. The van der Waals surface area contributed by atoms with Gasteiger partial charge in [0.1, 0.15) is 19.9 Å². The highest BCUT2D eigenvalue weighted by atomic mass is 35.5. The summed E-state index contributed by atoms with van der Waals surface area (Å²) >= 11 is 5.83. The Bertz CT molecular complexity index is 683. The minimum Gasteiger partial charge on any atom is -0.350 e. The van der Waals surface area contributed by atoms with Crippen molar-refractivity contribution in [1.29, 1.82) is 0 Å². The van der Waals surface area contributed by atoms with Crippen LogP contribution >= 0.6 is 11.6 Å². The lowest BCUT2D eigenvalue weighted by molar-refractivity contribution is -0.182. The first-order chi connectivity index (χ1) is 10.7. The molecule has 0 spiro atoms. The highest BCUT2D eigenvalue weighted by Crippen LogP contribution is 2.15. The zero-order valence-electron chi connectivity index (χ0n) is 12.0. The van der Waals surface area contributed by atoms with Gasteiger partial charge in [-0.3, -0.25) is 9.48 Å². The fraction of sp³-hybridized carbons (Fsp3) is 0.417. The van der Waals surface area contributed by atoms with Gasteiger partial charge in [0.25, 0.3) is 0 Å². The SMILES string of the molecule is Cc1c(Cl)cnn1CC(=O)Nc1cnn(COCC(F)(F)F)c1. The molecule has 0 aliphatic rings. The predicted molar refractivity (Wildman–Crippen MR) is 74.8 cm³/mol. The number of carbonyl (C=O) groups excluding carboxylic acids is 1. The Morgan fingerprint density at radius 1 is 1.39 bits per heavy atom. The van der Waals surface area contributed by atoms with Crippen molar-refractivity contribution in [2.45, 2.75) is 26.4 Å². The summed E-state index contributed by atoms with van der Waals surface area (Å²) in [5, 5.41) is 10.7. The average molecular weight is 352 g/mol. The molecule has 0 bridgehead atoms. The second kappa shape index (κ2) is 7.01. The number of ether oxygens (including phenoxy) is 1. The van der Waals surface area contributed by atoms with Crippen molar-refractivity contribution in [2.24, 2.45) is 0 Å². The van der Waals surface area contributed by atoms with E-state index in [0.717, 1.165) is 4.68 Å². The molecule has 0 aliphatic heterocycles. The van der Waals surface area contributed by atoms with Gasteiger partial charge in [0, 0.05) is 0 Å². The Hall–Kier alpha value is -2.07. The Balaban J connectivity index is 1.84. The van der Waals surface area contributed by atoms with Gasteiger partial charge in [-0.2, -0.15) is 23.4 Å². The van der Waals surface area contributed by atoms with E-state index in [-0.39, 0.29) is 19.2 Å². The van der Waals surface area contributed by atoms with Crippen LogP contribution in [0.25, 0.3) is 0 Å². The van der Waals surface area contributed by atoms with E-state index in [1.54, 1.807) is 6.92 Å². The lowest BCUT2D eigenvalue weighted by Crippen LogP contribution is -2.20. The molecule has 2 rings (SSSR count). The topological polar surface area (TPSA) is 74.0 Å². The van der Waals surface area contributed by atoms with Crippen molar-refractivity contribution in [3.63, 3.8) is 0 Å². The van der Waals surface area contributed by atoms with Gasteiger partial charge in [0.15, 0.2) is 0 Å². The Labute approximate surface area is 134 Å². The Kier molecular flexibility index (Phi) is 5.26. The summed E-state index contributed by atoms with van der Waals surface area (Å²) in [5.74, 6) is -0.372. The quantitative estimate of drug-likeness (QED) is 0.866. The first kappa shape index (κ1) is 17.3. The highest BCUT2D eigenvalue weighted by Gasteiger charge is 2.27. The van der Waals surface area contributed by atoms with Gasteiger partial charge < -0.3 is 10.1 Å². The molecule has 23 heavy (non-hydrogen) atoms. The van der Waals surface area contributed by atoms with Crippen molar-refractivity contribution in [3.8, 4) is 0 Å². The van der Waals surface area contributed by atoms with Crippen molar-refractivity contribution in [2.75, 3.05) is 11.9 Å².